The van der Waals surface area contributed by atoms with E-state index in [9.17, 15) is 13.2 Å². The van der Waals surface area contributed by atoms with Gasteiger partial charge in [0.05, 0.1) is 19.1 Å². The van der Waals surface area contributed by atoms with Crippen LogP contribution in [0.4, 0.5) is 0 Å². The summed E-state index contributed by atoms with van der Waals surface area (Å²) in [5.74, 6) is 1.25. The summed E-state index contributed by atoms with van der Waals surface area (Å²) in [7, 11) is -0.694. The molecule has 0 saturated carbocycles. The zero-order valence-corrected chi connectivity index (χ0v) is 16.0. The molecule has 2 aromatic carbocycles. The van der Waals surface area contributed by atoms with Crippen molar-refractivity contribution in [2.24, 2.45) is 0 Å². The molecule has 8 heteroatoms. The number of aromatic amines is 1. The van der Waals surface area contributed by atoms with Crippen molar-refractivity contribution in [3.05, 3.63) is 63.9 Å². The summed E-state index contributed by atoms with van der Waals surface area (Å²) in [5.41, 5.74) is 1.32. The lowest BCUT2D eigenvalue weighted by Gasteiger charge is -2.10. The summed E-state index contributed by atoms with van der Waals surface area (Å²) in [4.78, 5) is 15.1. The van der Waals surface area contributed by atoms with E-state index >= 15 is 0 Å². The second-order valence-corrected chi connectivity index (χ2v) is 7.80. The van der Waals surface area contributed by atoms with E-state index in [1.807, 2.05) is 0 Å². The summed E-state index contributed by atoms with van der Waals surface area (Å²) in [5, 5.41) is 0.753. The summed E-state index contributed by atoms with van der Waals surface area (Å²) in [6.07, 6.45) is 0. The van der Waals surface area contributed by atoms with Crippen molar-refractivity contribution in [3.8, 4) is 11.5 Å². The van der Waals surface area contributed by atoms with E-state index in [2.05, 4.69) is 9.71 Å². The van der Waals surface area contributed by atoms with E-state index < -0.39 is 10.0 Å². The molecule has 0 spiro atoms. The zero-order chi connectivity index (χ0) is 19.6. The third kappa shape index (κ3) is 3.96. The normalized spacial score (nSPS) is 11.5. The van der Waals surface area contributed by atoms with Gasteiger partial charge in [0.1, 0.15) is 11.5 Å². The fourth-order valence-electron chi connectivity index (χ4n) is 2.76. The van der Waals surface area contributed by atoms with E-state index in [0.29, 0.717) is 28.1 Å². The van der Waals surface area contributed by atoms with E-state index in [1.54, 1.807) is 44.4 Å². The van der Waals surface area contributed by atoms with Gasteiger partial charge in [-0.25, -0.2) is 13.1 Å². The predicted molar refractivity (Wildman–Crippen MR) is 103 cm³/mol. The van der Waals surface area contributed by atoms with Gasteiger partial charge < -0.3 is 14.5 Å². The molecule has 1 heterocycles. The number of hydrogen-bond acceptors (Lipinski definition) is 5. The van der Waals surface area contributed by atoms with Crippen LogP contribution in [-0.4, -0.2) is 27.6 Å². The molecule has 3 aromatic rings. The molecule has 2 N–H and O–H groups in total. The fourth-order valence-corrected chi connectivity index (χ4v) is 3.85. The van der Waals surface area contributed by atoms with Crippen molar-refractivity contribution in [1.29, 1.82) is 0 Å². The molecule has 0 unspecified atom stereocenters. The number of pyridine rings is 1. The second-order valence-electron chi connectivity index (χ2n) is 6.03. The van der Waals surface area contributed by atoms with Crippen LogP contribution < -0.4 is 19.8 Å². The van der Waals surface area contributed by atoms with Crippen molar-refractivity contribution in [2.75, 3.05) is 14.2 Å². The lowest BCUT2D eigenvalue weighted by Crippen LogP contribution is -2.27. The molecule has 0 saturated heterocycles. The van der Waals surface area contributed by atoms with Gasteiger partial charge in [-0.05, 0) is 55.0 Å². The molecule has 0 aliphatic carbocycles. The average Bonchev–Trinajstić information content (AvgIpc) is 2.66. The number of nitrogens with one attached hydrogen (secondary N) is 2. The number of sulfonamides is 1. The van der Waals surface area contributed by atoms with Crippen LogP contribution in [0.3, 0.4) is 0 Å². The van der Waals surface area contributed by atoms with Crippen LogP contribution >= 0.6 is 0 Å². The van der Waals surface area contributed by atoms with Crippen LogP contribution in [0.2, 0.25) is 0 Å². The fraction of sp³-hybridized carbons (Fsp3) is 0.211. The number of rotatable bonds is 6. The summed E-state index contributed by atoms with van der Waals surface area (Å²) >= 11 is 0. The SMILES string of the molecule is COc1ccc2[nH]c(=O)c(CNS(=O)(=O)c3ccc(OC)c(C)c3)cc2c1. The first kappa shape index (κ1) is 18.9. The monoisotopic (exact) mass is 388 g/mol. The van der Waals surface area contributed by atoms with Gasteiger partial charge >= 0.3 is 0 Å². The Balaban J connectivity index is 1.87. The number of aromatic nitrogens is 1. The summed E-state index contributed by atoms with van der Waals surface area (Å²) < 4.78 is 37.9. The lowest BCUT2D eigenvalue weighted by atomic mass is 10.1. The summed E-state index contributed by atoms with van der Waals surface area (Å²) in [6, 6.07) is 11.5. The number of aryl methyl sites for hydroxylation is 1. The van der Waals surface area contributed by atoms with E-state index in [4.69, 9.17) is 9.47 Å². The van der Waals surface area contributed by atoms with Gasteiger partial charge in [0, 0.05) is 23.0 Å². The number of methoxy groups -OCH3 is 2. The maximum Gasteiger partial charge on any atom is 0.252 e. The molecule has 142 valence electrons. The first-order valence-corrected chi connectivity index (χ1v) is 9.66. The Kier molecular flexibility index (Phi) is 5.20. The van der Waals surface area contributed by atoms with E-state index in [1.165, 1.54) is 19.2 Å². The van der Waals surface area contributed by atoms with Gasteiger partial charge in [-0.2, -0.15) is 0 Å². The molecular weight excluding hydrogens is 368 g/mol. The Hall–Kier alpha value is -2.84. The third-order valence-electron chi connectivity index (χ3n) is 4.26. The molecule has 0 atom stereocenters. The van der Waals surface area contributed by atoms with E-state index in [-0.39, 0.29) is 17.0 Å². The molecule has 0 radical (unpaired) electrons. The first-order chi connectivity index (χ1) is 12.8. The molecular formula is C19H20N2O5S. The molecule has 0 aliphatic heterocycles. The minimum atomic E-state index is -3.77. The first-order valence-electron chi connectivity index (χ1n) is 8.18. The molecule has 0 fully saturated rings. The van der Waals surface area contributed by atoms with Gasteiger partial charge in [-0.15, -0.1) is 0 Å². The lowest BCUT2D eigenvalue weighted by molar-refractivity contribution is 0.411. The second kappa shape index (κ2) is 7.42. The Bertz CT molecular complexity index is 1150. The summed E-state index contributed by atoms with van der Waals surface area (Å²) in [6.45, 7) is 1.63. The number of fused-ring (bicyclic) bond motifs is 1. The van der Waals surface area contributed by atoms with Crippen molar-refractivity contribution in [1.82, 2.24) is 9.71 Å². The highest BCUT2D eigenvalue weighted by molar-refractivity contribution is 7.89. The topological polar surface area (TPSA) is 97.5 Å². The number of H-pyrrole nitrogens is 1. The standard InChI is InChI=1S/C19H20N2O5S/c1-12-8-16(5-7-18(12)26-3)27(23,24)20-11-14-9-13-10-15(25-2)4-6-17(13)21-19(14)22/h4-10,20H,11H2,1-3H3,(H,21,22). The minimum absolute atomic E-state index is 0.111. The van der Waals surface area contributed by atoms with Gasteiger partial charge in [-0.1, -0.05) is 0 Å². The van der Waals surface area contributed by atoms with E-state index in [0.717, 1.165) is 5.39 Å². The van der Waals surface area contributed by atoms with Crippen LogP contribution in [0.25, 0.3) is 10.9 Å². The third-order valence-corrected chi connectivity index (χ3v) is 5.66. The number of hydrogen-bond donors (Lipinski definition) is 2. The maximum atomic E-state index is 12.5. The molecule has 7 nitrogen and oxygen atoms in total. The van der Waals surface area contributed by atoms with Crippen LogP contribution in [0.1, 0.15) is 11.1 Å². The highest BCUT2D eigenvalue weighted by Crippen LogP contribution is 2.22. The van der Waals surface area contributed by atoms with Crippen molar-refractivity contribution in [2.45, 2.75) is 18.4 Å². The molecule has 0 aliphatic rings. The largest absolute Gasteiger partial charge is 0.497 e. The molecule has 0 bridgehead atoms. The Morgan fingerprint density at radius 2 is 1.81 bits per heavy atom. The quantitative estimate of drug-likeness (QED) is 0.675. The molecule has 0 amide bonds. The van der Waals surface area contributed by atoms with Crippen LogP contribution in [0.15, 0.2) is 52.2 Å². The highest BCUT2D eigenvalue weighted by atomic mass is 32.2. The predicted octanol–water partition coefficient (Wildman–Crippen LogP) is 2.33. The van der Waals surface area contributed by atoms with Crippen molar-refractivity contribution < 1.29 is 17.9 Å². The molecule has 27 heavy (non-hydrogen) atoms. The minimum Gasteiger partial charge on any atom is -0.497 e. The van der Waals surface area contributed by atoms with Gasteiger partial charge in [0.25, 0.3) is 5.56 Å². The Labute approximate surface area is 157 Å². The van der Waals surface area contributed by atoms with Gasteiger partial charge in [-0.3, -0.25) is 4.79 Å². The van der Waals surface area contributed by atoms with Crippen molar-refractivity contribution in [3.63, 3.8) is 0 Å². The van der Waals surface area contributed by atoms with Gasteiger partial charge in [0.15, 0.2) is 0 Å². The van der Waals surface area contributed by atoms with Gasteiger partial charge in [0.2, 0.25) is 10.0 Å². The maximum absolute atomic E-state index is 12.5. The van der Waals surface area contributed by atoms with Crippen molar-refractivity contribution >= 4 is 20.9 Å². The van der Waals surface area contributed by atoms with Crippen LogP contribution in [-0.2, 0) is 16.6 Å². The van der Waals surface area contributed by atoms with Crippen LogP contribution in [0, 0.1) is 6.92 Å². The highest BCUT2D eigenvalue weighted by Gasteiger charge is 2.16. The number of benzene rings is 2. The Morgan fingerprint density at radius 3 is 2.48 bits per heavy atom. The molecule has 3 rings (SSSR count). The average molecular weight is 388 g/mol. The molecule has 1 aromatic heterocycles. The smallest absolute Gasteiger partial charge is 0.252 e. The number of ether oxygens (including phenoxy) is 2. The zero-order valence-electron chi connectivity index (χ0n) is 15.2. The Morgan fingerprint density at radius 1 is 1.04 bits per heavy atom. The van der Waals surface area contributed by atoms with Crippen LogP contribution in [0.5, 0.6) is 11.5 Å².